The third-order valence-electron chi connectivity index (χ3n) is 6.12. The maximum atomic E-state index is 14.4. The van der Waals surface area contributed by atoms with Crippen molar-refractivity contribution in [2.75, 3.05) is 13.2 Å². The average Bonchev–Trinajstić information content (AvgIpc) is 3.35. The van der Waals surface area contributed by atoms with E-state index >= 15 is 0 Å². The molecule has 0 aliphatic carbocycles. The van der Waals surface area contributed by atoms with Crippen LogP contribution in [0.25, 0.3) is 22.2 Å². The Morgan fingerprint density at radius 3 is 2.76 bits per heavy atom. The standard InChI is InChI=1S/C25H28ClFN4O3/c1-5-34-21-7-6-20(27)24(26)22(21)13(2)19-10-29-25-18(19)8-16(9-28-25)23-14(3)30-31(15(23)4)11-17(33)12-32/h6-10,13,17,32-33H,5,11-12H2,1-4H3,(H,28,29). The molecule has 0 aliphatic heterocycles. The molecule has 0 bridgehead atoms. The van der Waals surface area contributed by atoms with Crippen molar-refractivity contribution in [2.45, 2.75) is 46.3 Å². The lowest BCUT2D eigenvalue weighted by atomic mass is 9.91. The molecule has 0 saturated heterocycles. The third kappa shape index (κ3) is 4.29. The highest BCUT2D eigenvalue weighted by Gasteiger charge is 2.24. The Kier molecular flexibility index (Phi) is 6.93. The van der Waals surface area contributed by atoms with Crippen LogP contribution in [0, 0.1) is 19.7 Å². The van der Waals surface area contributed by atoms with E-state index in [9.17, 15) is 14.6 Å². The molecular weight excluding hydrogens is 459 g/mol. The molecule has 0 aliphatic rings. The number of benzene rings is 1. The van der Waals surface area contributed by atoms with Crippen LogP contribution in [-0.4, -0.2) is 49.3 Å². The number of H-pyrrole nitrogens is 1. The van der Waals surface area contributed by atoms with Crippen molar-refractivity contribution >= 4 is 22.6 Å². The lowest BCUT2D eigenvalue weighted by Gasteiger charge is -2.18. The molecule has 0 amide bonds. The summed E-state index contributed by atoms with van der Waals surface area (Å²) in [7, 11) is 0. The number of halogens is 2. The Bertz CT molecular complexity index is 1330. The number of hydrogen-bond acceptors (Lipinski definition) is 5. The molecule has 0 radical (unpaired) electrons. The zero-order valence-electron chi connectivity index (χ0n) is 19.6. The quantitative estimate of drug-likeness (QED) is 0.334. The first-order valence-electron chi connectivity index (χ1n) is 11.2. The molecule has 3 aromatic heterocycles. The van der Waals surface area contributed by atoms with Crippen LogP contribution in [0.2, 0.25) is 5.02 Å². The molecule has 3 heterocycles. The molecule has 34 heavy (non-hydrogen) atoms. The fraction of sp³-hybridized carbons (Fsp3) is 0.360. The van der Waals surface area contributed by atoms with Crippen LogP contribution in [0.4, 0.5) is 4.39 Å². The van der Waals surface area contributed by atoms with E-state index in [1.54, 1.807) is 16.9 Å². The van der Waals surface area contributed by atoms with Crippen molar-refractivity contribution in [1.29, 1.82) is 0 Å². The Labute approximate surface area is 202 Å². The van der Waals surface area contributed by atoms with Crippen LogP contribution in [0.5, 0.6) is 5.75 Å². The van der Waals surface area contributed by atoms with Gasteiger partial charge in [-0.05, 0) is 44.5 Å². The zero-order chi connectivity index (χ0) is 24.6. The Morgan fingerprint density at radius 2 is 2.06 bits per heavy atom. The predicted octanol–water partition coefficient (Wildman–Crippen LogP) is 4.74. The van der Waals surface area contributed by atoms with Crippen LogP contribution in [0.3, 0.4) is 0 Å². The van der Waals surface area contributed by atoms with Crippen molar-refractivity contribution in [3.63, 3.8) is 0 Å². The van der Waals surface area contributed by atoms with Gasteiger partial charge >= 0.3 is 0 Å². The number of hydrogen-bond donors (Lipinski definition) is 3. The first-order valence-corrected chi connectivity index (χ1v) is 11.6. The second-order valence-corrected chi connectivity index (χ2v) is 8.73. The molecule has 0 fully saturated rings. The van der Waals surface area contributed by atoms with E-state index in [1.165, 1.54) is 6.07 Å². The van der Waals surface area contributed by atoms with E-state index in [-0.39, 0.29) is 24.1 Å². The normalized spacial score (nSPS) is 13.4. The smallest absolute Gasteiger partial charge is 0.142 e. The summed E-state index contributed by atoms with van der Waals surface area (Å²) in [4.78, 5) is 7.80. The Balaban J connectivity index is 1.81. The number of aliphatic hydroxyl groups excluding tert-OH is 2. The maximum absolute atomic E-state index is 14.4. The van der Waals surface area contributed by atoms with E-state index in [0.717, 1.165) is 33.5 Å². The van der Waals surface area contributed by atoms with Crippen molar-refractivity contribution in [1.82, 2.24) is 19.7 Å². The van der Waals surface area contributed by atoms with Gasteiger partial charge in [0.1, 0.15) is 17.2 Å². The SMILES string of the molecule is CCOc1ccc(F)c(Cl)c1C(C)c1c[nH]c2ncc(-c3c(C)nn(CC(O)CO)c3C)cc12. The largest absolute Gasteiger partial charge is 0.494 e. The molecule has 0 saturated carbocycles. The van der Waals surface area contributed by atoms with Gasteiger partial charge in [-0.2, -0.15) is 5.10 Å². The van der Waals surface area contributed by atoms with E-state index in [1.807, 2.05) is 40.0 Å². The van der Waals surface area contributed by atoms with E-state index in [0.29, 0.717) is 23.6 Å². The Hall–Kier alpha value is -2.94. The van der Waals surface area contributed by atoms with Crippen molar-refractivity contribution in [2.24, 2.45) is 0 Å². The summed E-state index contributed by atoms with van der Waals surface area (Å²) in [5, 5.41) is 24.5. The lowest BCUT2D eigenvalue weighted by molar-refractivity contribution is 0.0777. The van der Waals surface area contributed by atoms with Gasteiger partial charge in [0.25, 0.3) is 0 Å². The van der Waals surface area contributed by atoms with Crippen LogP contribution >= 0.6 is 11.6 Å². The summed E-state index contributed by atoms with van der Waals surface area (Å²) in [5.41, 5.74) is 5.65. The summed E-state index contributed by atoms with van der Waals surface area (Å²) in [6.45, 7) is 7.96. The van der Waals surface area contributed by atoms with Gasteiger partial charge in [-0.1, -0.05) is 18.5 Å². The minimum absolute atomic E-state index is 0.0484. The first-order chi connectivity index (χ1) is 16.3. The number of nitrogens with zero attached hydrogens (tertiary/aromatic N) is 3. The van der Waals surface area contributed by atoms with Gasteiger partial charge in [0.05, 0.1) is 36.6 Å². The fourth-order valence-electron chi connectivity index (χ4n) is 4.46. The van der Waals surface area contributed by atoms with Crippen LogP contribution in [0.1, 0.15) is 42.3 Å². The zero-order valence-corrected chi connectivity index (χ0v) is 20.3. The summed E-state index contributed by atoms with van der Waals surface area (Å²) in [6.07, 6.45) is 2.75. The van der Waals surface area contributed by atoms with Gasteiger partial charge in [-0.3, -0.25) is 4.68 Å². The van der Waals surface area contributed by atoms with Crippen molar-refractivity contribution < 1.29 is 19.3 Å². The van der Waals surface area contributed by atoms with E-state index in [4.69, 9.17) is 16.3 Å². The van der Waals surface area contributed by atoms with Gasteiger partial charge in [0, 0.05) is 46.1 Å². The number of fused-ring (bicyclic) bond motifs is 1. The monoisotopic (exact) mass is 486 g/mol. The second kappa shape index (κ2) is 9.74. The van der Waals surface area contributed by atoms with Gasteiger partial charge in [0.15, 0.2) is 0 Å². The van der Waals surface area contributed by atoms with Crippen LogP contribution in [-0.2, 0) is 6.54 Å². The van der Waals surface area contributed by atoms with Crippen molar-refractivity contribution in [3.8, 4) is 16.9 Å². The Morgan fingerprint density at radius 1 is 1.29 bits per heavy atom. The molecule has 0 spiro atoms. The molecule has 1 aromatic carbocycles. The van der Waals surface area contributed by atoms with Crippen LogP contribution < -0.4 is 4.74 Å². The fourth-order valence-corrected chi connectivity index (χ4v) is 4.78. The van der Waals surface area contributed by atoms with Crippen molar-refractivity contribution in [3.05, 3.63) is 63.9 Å². The molecule has 4 aromatic rings. The molecular formula is C25H28ClFN4O3. The second-order valence-electron chi connectivity index (χ2n) is 8.36. The molecule has 2 unspecified atom stereocenters. The van der Waals surface area contributed by atoms with E-state index in [2.05, 4.69) is 15.1 Å². The minimum Gasteiger partial charge on any atom is -0.494 e. The number of rotatable bonds is 8. The molecule has 9 heteroatoms. The predicted molar refractivity (Wildman–Crippen MR) is 130 cm³/mol. The molecule has 3 N–H and O–H groups in total. The molecule has 2 atom stereocenters. The highest BCUT2D eigenvalue weighted by atomic mass is 35.5. The summed E-state index contributed by atoms with van der Waals surface area (Å²) < 4.78 is 21.8. The number of aromatic amines is 1. The highest BCUT2D eigenvalue weighted by Crippen LogP contribution is 2.41. The summed E-state index contributed by atoms with van der Waals surface area (Å²) in [5.74, 6) is -0.204. The summed E-state index contributed by atoms with van der Waals surface area (Å²) >= 11 is 6.39. The van der Waals surface area contributed by atoms with Gasteiger partial charge in [0.2, 0.25) is 0 Å². The number of ether oxygens (including phenoxy) is 1. The summed E-state index contributed by atoms with van der Waals surface area (Å²) in [6, 6.07) is 4.95. The number of aromatic nitrogens is 4. The lowest BCUT2D eigenvalue weighted by Crippen LogP contribution is -2.21. The third-order valence-corrected chi connectivity index (χ3v) is 6.50. The number of pyridine rings is 1. The van der Waals surface area contributed by atoms with Crippen LogP contribution in [0.15, 0.2) is 30.6 Å². The van der Waals surface area contributed by atoms with Gasteiger partial charge in [-0.25, -0.2) is 9.37 Å². The van der Waals surface area contributed by atoms with E-state index < -0.39 is 11.9 Å². The molecule has 7 nitrogen and oxygen atoms in total. The van der Waals surface area contributed by atoms with Gasteiger partial charge < -0.3 is 19.9 Å². The topological polar surface area (TPSA) is 96.2 Å². The average molecular weight is 487 g/mol. The first kappa shape index (κ1) is 24.2. The highest BCUT2D eigenvalue weighted by molar-refractivity contribution is 6.31. The molecule has 180 valence electrons. The molecule has 4 rings (SSSR count). The van der Waals surface area contributed by atoms with Gasteiger partial charge in [-0.15, -0.1) is 0 Å². The number of aryl methyl sites for hydroxylation is 1. The number of aliphatic hydroxyl groups is 2. The minimum atomic E-state index is -0.890. The number of nitrogens with one attached hydrogen (secondary N) is 1. The maximum Gasteiger partial charge on any atom is 0.142 e.